The van der Waals surface area contributed by atoms with E-state index in [-0.39, 0.29) is 5.57 Å². The molecule has 0 heterocycles. The highest BCUT2D eigenvalue weighted by Crippen LogP contribution is 2.30. The van der Waals surface area contributed by atoms with Gasteiger partial charge in [-0.2, -0.15) is 5.26 Å². The van der Waals surface area contributed by atoms with Gasteiger partial charge in [0, 0.05) is 10.7 Å². The van der Waals surface area contributed by atoms with E-state index in [1.54, 1.807) is 49.6 Å². The molecule has 31 heavy (non-hydrogen) atoms. The lowest BCUT2D eigenvalue weighted by atomic mass is 10.1. The van der Waals surface area contributed by atoms with Crippen molar-refractivity contribution in [2.24, 2.45) is 0 Å². The van der Waals surface area contributed by atoms with E-state index in [0.29, 0.717) is 34.4 Å². The highest BCUT2D eigenvalue weighted by Gasteiger charge is 2.11. The number of rotatable bonds is 7. The Morgan fingerprint density at radius 3 is 2.42 bits per heavy atom. The molecule has 0 radical (unpaired) electrons. The number of aryl methyl sites for hydroxylation is 1. The first-order valence-corrected chi connectivity index (χ1v) is 9.91. The number of carbonyl (C=O) groups is 1. The molecule has 0 aliphatic carbocycles. The SMILES string of the molecule is COc1cc(/C=C(/C#N)C(=O)Nc2ccc(Cl)cc2)ccc1OCc1ccc(C)cc1. The van der Waals surface area contributed by atoms with Crippen LogP contribution in [0.2, 0.25) is 5.02 Å². The van der Waals surface area contributed by atoms with Crippen molar-refractivity contribution >= 4 is 29.3 Å². The van der Waals surface area contributed by atoms with Gasteiger partial charge < -0.3 is 14.8 Å². The van der Waals surface area contributed by atoms with Gasteiger partial charge >= 0.3 is 0 Å². The summed E-state index contributed by atoms with van der Waals surface area (Å²) >= 11 is 5.85. The van der Waals surface area contributed by atoms with E-state index in [4.69, 9.17) is 21.1 Å². The number of hydrogen-bond donors (Lipinski definition) is 1. The van der Waals surface area contributed by atoms with E-state index in [1.807, 2.05) is 37.3 Å². The molecule has 0 atom stereocenters. The van der Waals surface area contributed by atoms with Crippen molar-refractivity contribution in [1.29, 1.82) is 5.26 Å². The number of benzene rings is 3. The van der Waals surface area contributed by atoms with Gasteiger partial charge in [-0.05, 0) is 60.5 Å². The number of methoxy groups -OCH3 is 1. The summed E-state index contributed by atoms with van der Waals surface area (Å²) in [6.07, 6.45) is 1.50. The molecule has 1 amide bonds. The van der Waals surface area contributed by atoms with Crippen molar-refractivity contribution in [3.05, 3.63) is 94.0 Å². The van der Waals surface area contributed by atoms with Crippen LogP contribution in [0, 0.1) is 18.3 Å². The molecular formula is C25H21ClN2O3. The van der Waals surface area contributed by atoms with Crippen molar-refractivity contribution in [2.75, 3.05) is 12.4 Å². The van der Waals surface area contributed by atoms with Gasteiger partial charge in [0.2, 0.25) is 0 Å². The second-order valence-electron chi connectivity index (χ2n) is 6.82. The lowest BCUT2D eigenvalue weighted by Gasteiger charge is -2.12. The van der Waals surface area contributed by atoms with E-state index in [9.17, 15) is 10.1 Å². The van der Waals surface area contributed by atoms with Gasteiger partial charge in [0.25, 0.3) is 5.91 Å². The van der Waals surface area contributed by atoms with Crippen molar-refractivity contribution in [2.45, 2.75) is 13.5 Å². The normalized spacial score (nSPS) is 10.8. The Bertz CT molecular complexity index is 1130. The van der Waals surface area contributed by atoms with Crippen LogP contribution in [0.15, 0.2) is 72.3 Å². The van der Waals surface area contributed by atoms with Crippen LogP contribution in [0.5, 0.6) is 11.5 Å². The van der Waals surface area contributed by atoms with E-state index in [0.717, 1.165) is 5.56 Å². The summed E-state index contributed by atoms with van der Waals surface area (Å²) in [5.41, 5.74) is 3.38. The number of ether oxygens (including phenoxy) is 2. The summed E-state index contributed by atoms with van der Waals surface area (Å²) in [4.78, 5) is 12.4. The van der Waals surface area contributed by atoms with Crippen molar-refractivity contribution < 1.29 is 14.3 Å². The fraction of sp³-hybridized carbons (Fsp3) is 0.120. The quantitative estimate of drug-likeness (QED) is 0.379. The largest absolute Gasteiger partial charge is 0.493 e. The minimum atomic E-state index is -0.511. The van der Waals surface area contributed by atoms with Crippen molar-refractivity contribution in [3.8, 4) is 17.6 Å². The van der Waals surface area contributed by atoms with Gasteiger partial charge in [-0.1, -0.05) is 47.5 Å². The molecule has 0 bridgehead atoms. The lowest BCUT2D eigenvalue weighted by molar-refractivity contribution is -0.112. The summed E-state index contributed by atoms with van der Waals surface area (Å²) in [6.45, 7) is 2.43. The van der Waals surface area contributed by atoms with Crippen LogP contribution in [-0.4, -0.2) is 13.0 Å². The lowest BCUT2D eigenvalue weighted by Crippen LogP contribution is -2.13. The third kappa shape index (κ3) is 6.11. The molecule has 156 valence electrons. The Morgan fingerprint density at radius 2 is 1.77 bits per heavy atom. The Labute approximate surface area is 186 Å². The molecular weight excluding hydrogens is 412 g/mol. The van der Waals surface area contributed by atoms with Crippen LogP contribution in [0.4, 0.5) is 5.69 Å². The molecule has 3 aromatic rings. The molecule has 0 aliphatic rings. The molecule has 0 aliphatic heterocycles. The highest BCUT2D eigenvalue weighted by molar-refractivity contribution is 6.30. The summed E-state index contributed by atoms with van der Waals surface area (Å²) in [7, 11) is 1.54. The fourth-order valence-corrected chi connectivity index (χ4v) is 2.91. The Kier molecular flexibility index (Phi) is 7.31. The zero-order chi connectivity index (χ0) is 22.2. The van der Waals surface area contributed by atoms with Crippen LogP contribution in [0.1, 0.15) is 16.7 Å². The minimum absolute atomic E-state index is 0.0367. The van der Waals surface area contributed by atoms with Crippen LogP contribution in [-0.2, 0) is 11.4 Å². The molecule has 0 saturated carbocycles. The molecule has 0 saturated heterocycles. The highest BCUT2D eigenvalue weighted by atomic mass is 35.5. The maximum Gasteiger partial charge on any atom is 0.266 e. The molecule has 0 fully saturated rings. The number of nitrogens with one attached hydrogen (secondary N) is 1. The Morgan fingerprint density at radius 1 is 1.06 bits per heavy atom. The molecule has 0 spiro atoms. The molecule has 0 aromatic heterocycles. The Hall–Kier alpha value is -3.75. The Balaban J connectivity index is 1.74. The number of amides is 1. The molecule has 3 rings (SSSR count). The third-order valence-corrected chi connectivity index (χ3v) is 4.73. The smallest absolute Gasteiger partial charge is 0.266 e. The van der Waals surface area contributed by atoms with Gasteiger partial charge in [0.05, 0.1) is 7.11 Å². The van der Waals surface area contributed by atoms with E-state index in [1.165, 1.54) is 11.6 Å². The van der Waals surface area contributed by atoms with Gasteiger partial charge in [-0.15, -0.1) is 0 Å². The van der Waals surface area contributed by atoms with E-state index in [2.05, 4.69) is 5.32 Å². The van der Waals surface area contributed by atoms with Gasteiger partial charge in [0.15, 0.2) is 11.5 Å². The molecule has 3 aromatic carbocycles. The van der Waals surface area contributed by atoms with Crippen molar-refractivity contribution in [1.82, 2.24) is 0 Å². The van der Waals surface area contributed by atoms with Crippen LogP contribution >= 0.6 is 11.6 Å². The maximum atomic E-state index is 12.4. The monoisotopic (exact) mass is 432 g/mol. The second kappa shape index (κ2) is 10.3. The number of nitrogens with zero attached hydrogens (tertiary/aromatic N) is 1. The first kappa shape index (κ1) is 21.9. The van der Waals surface area contributed by atoms with Gasteiger partial charge in [0.1, 0.15) is 18.2 Å². The van der Waals surface area contributed by atoms with Gasteiger partial charge in [-0.25, -0.2) is 0 Å². The summed E-state index contributed by atoms with van der Waals surface area (Å²) < 4.78 is 11.3. The van der Waals surface area contributed by atoms with Crippen molar-refractivity contribution in [3.63, 3.8) is 0 Å². The van der Waals surface area contributed by atoms with E-state index >= 15 is 0 Å². The average molecular weight is 433 g/mol. The minimum Gasteiger partial charge on any atom is -0.493 e. The fourth-order valence-electron chi connectivity index (χ4n) is 2.79. The molecule has 6 heteroatoms. The average Bonchev–Trinajstić information content (AvgIpc) is 2.78. The first-order chi connectivity index (χ1) is 15.0. The van der Waals surface area contributed by atoms with Crippen LogP contribution < -0.4 is 14.8 Å². The standard InChI is InChI=1S/C25H21ClN2O3/c1-17-3-5-18(6-4-17)16-31-23-12-7-19(14-24(23)30-2)13-20(15-27)25(29)28-22-10-8-21(26)9-11-22/h3-14H,16H2,1-2H3,(H,28,29)/b20-13-. The first-order valence-electron chi connectivity index (χ1n) is 9.53. The summed E-state index contributed by atoms with van der Waals surface area (Å²) in [6, 6.07) is 21.9. The number of anilines is 1. The zero-order valence-electron chi connectivity index (χ0n) is 17.2. The molecule has 0 unspecified atom stereocenters. The molecule has 1 N–H and O–H groups in total. The number of carbonyl (C=O) groups excluding carboxylic acids is 1. The topological polar surface area (TPSA) is 71.3 Å². The predicted molar refractivity (Wildman–Crippen MR) is 122 cm³/mol. The number of nitriles is 1. The maximum absolute atomic E-state index is 12.4. The predicted octanol–water partition coefficient (Wildman–Crippen LogP) is 5.78. The third-order valence-electron chi connectivity index (χ3n) is 4.48. The van der Waals surface area contributed by atoms with Crippen LogP contribution in [0.3, 0.4) is 0 Å². The number of halogens is 1. The van der Waals surface area contributed by atoms with Crippen LogP contribution in [0.25, 0.3) is 6.08 Å². The van der Waals surface area contributed by atoms with Gasteiger partial charge in [-0.3, -0.25) is 4.79 Å². The zero-order valence-corrected chi connectivity index (χ0v) is 17.9. The molecule has 5 nitrogen and oxygen atoms in total. The summed E-state index contributed by atoms with van der Waals surface area (Å²) in [5.74, 6) is 0.573. The summed E-state index contributed by atoms with van der Waals surface area (Å²) in [5, 5.41) is 12.7. The van der Waals surface area contributed by atoms with E-state index < -0.39 is 5.91 Å². The second-order valence-corrected chi connectivity index (χ2v) is 7.25. The number of hydrogen-bond acceptors (Lipinski definition) is 4.